The maximum absolute atomic E-state index is 12.1. The number of halogens is 3. The number of guanidine groups is 1. The van der Waals surface area contributed by atoms with Crippen LogP contribution in [0.1, 0.15) is 12.0 Å². The first-order chi connectivity index (χ1) is 12.3. The van der Waals surface area contributed by atoms with E-state index in [0.717, 1.165) is 44.7 Å². The number of nitrogens with one attached hydrogen (secondary N) is 1. The summed E-state index contributed by atoms with van der Waals surface area (Å²) in [6.07, 6.45) is -3.52. The van der Waals surface area contributed by atoms with Crippen LogP contribution in [0.3, 0.4) is 0 Å². The van der Waals surface area contributed by atoms with Crippen molar-refractivity contribution in [3.63, 3.8) is 0 Å². The standard InChI is InChI=1S/C17H26F3N5O/c1-24-8-2-9-25(12-11-24)10-7-22-16(21)23-13-14-3-5-15(6-4-14)26-17(18,19)20/h3-6H,2,7-13H2,1H3,(H3,21,22,23). The third-order valence-corrected chi connectivity index (χ3v) is 4.14. The van der Waals surface area contributed by atoms with Gasteiger partial charge in [-0.25, -0.2) is 4.99 Å². The summed E-state index contributed by atoms with van der Waals surface area (Å²) in [5.74, 6) is 0.0759. The summed E-state index contributed by atoms with van der Waals surface area (Å²) in [7, 11) is 2.13. The second kappa shape index (κ2) is 9.63. The van der Waals surface area contributed by atoms with Crippen LogP contribution in [0.25, 0.3) is 0 Å². The monoisotopic (exact) mass is 373 g/mol. The minimum Gasteiger partial charge on any atom is -0.406 e. The van der Waals surface area contributed by atoms with Gasteiger partial charge in [0.25, 0.3) is 0 Å². The van der Waals surface area contributed by atoms with Gasteiger partial charge in [0.2, 0.25) is 0 Å². The maximum Gasteiger partial charge on any atom is 0.573 e. The molecule has 0 spiro atoms. The number of alkyl halides is 3. The number of ether oxygens (including phenoxy) is 1. The molecular formula is C17H26F3N5O. The van der Waals surface area contributed by atoms with Crippen molar-refractivity contribution in [2.24, 2.45) is 10.7 Å². The molecule has 0 radical (unpaired) electrons. The molecule has 2 rings (SSSR count). The van der Waals surface area contributed by atoms with Crippen molar-refractivity contribution >= 4 is 5.96 Å². The summed E-state index contributed by atoms with van der Waals surface area (Å²) in [5, 5.41) is 3.07. The van der Waals surface area contributed by atoms with Crippen LogP contribution >= 0.6 is 0 Å². The predicted molar refractivity (Wildman–Crippen MR) is 95.0 cm³/mol. The number of nitrogens with zero attached hydrogens (tertiary/aromatic N) is 3. The van der Waals surface area contributed by atoms with Gasteiger partial charge in [-0.05, 0) is 44.3 Å². The van der Waals surface area contributed by atoms with Gasteiger partial charge >= 0.3 is 6.36 Å². The number of aliphatic imine (C=N–C) groups is 1. The molecular weight excluding hydrogens is 347 g/mol. The molecule has 1 heterocycles. The predicted octanol–water partition coefficient (Wildman–Crippen LogP) is 1.63. The zero-order valence-electron chi connectivity index (χ0n) is 14.9. The molecule has 1 aliphatic heterocycles. The van der Waals surface area contributed by atoms with E-state index >= 15 is 0 Å². The molecule has 0 unspecified atom stereocenters. The summed E-state index contributed by atoms with van der Waals surface area (Å²) >= 11 is 0. The van der Waals surface area contributed by atoms with Crippen molar-refractivity contribution in [1.29, 1.82) is 0 Å². The topological polar surface area (TPSA) is 66.1 Å². The van der Waals surface area contributed by atoms with Gasteiger partial charge in [-0.1, -0.05) is 12.1 Å². The molecule has 6 nitrogen and oxygen atoms in total. The third-order valence-electron chi connectivity index (χ3n) is 4.14. The lowest BCUT2D eigenvalue weighted by Crippen LogP contribution is -2.39. The summed E-state index contributed by atoms with van der Waals surface area (Å²) in [4.78, 5) is 8.93. The van der Waals surface area contributed by atoms with Gasteiger partial charge in [0.05, 0.1) is 6.54 Å². The largest absolute Gasteiger partial charge is 0.573 e. The normalized spacial score (nSPS) is 17.8. The minimum absolute atomic E-state index is 0.251. The smallest absolute Gasteiger partial charge is 0.406 e. The van der Waals surface area contributed by atoms with E-state index in [2.05, 4.69) is 31.9 Å². The van der Waals surface area contributed by atoms with Gasteiger partial charge in [-0.3, -0.25) is 0 Å². The Kier molecular flexibility index (Phi) is 7.52. The molecule has 1 fully saturated rings. The second-order valence-corrected chi connectivity index (χ2v) is 6.32. The molecule has 0 aromatic heterocycles. The fourth-order valence-electron chi connectivity index (χ4n) is 2.69. The van der Waals surface area contributed by atoms with Crippen molar-refractivity contribution < 1.29 is 17.9 Å². The van der Waals surface area contributed by atoms with Crippen LogP contribution in [0, 0.1) is 0 Å². The third kappa shape index (κ3) is 7.92. The van der Waals surface area contributed by atoms with Gasteiger partial charge in [0.15, 0.2) is 5.96 Å². The quantitative estimate of drug-likeness (QED) is 0.586. The first-order valence-corrected chi connectivity index (χ1v) is 8.61. The molecule has 1 aromatic carbocycles. The maximum atomic E-state index is 12.1. The van der Waals surface area contributed by atoms with E-state index in [0.29, 0.717) is 19.0 Å². The van der Waals surface area contributed by atoms with Crippen molar-refractivity contribution in [3.8, 4) is 5.75 Å². The molecule has 0 saturated carbocycles. The number of likely N-dealkylation sites (N-methyl/N-ethyl adjacent to an activating group) is 1. The van der Waals surface area contributed by atoms with Crippen LogP contribution in [-0.4, -0.2) is 68.4 Å². The number of nitrogens with two attached hydrogens (primary N) is 1. The lowest BCUT2D eigenvalue weighted by atomic mass is 10.2. The summed E-state index contributed by atoms with van der Waals surface area (Å²) < 4.78 is 40.2. The number of hydrogen-bond donors (Lipinski definition) is 2. The Morgan fingerprint density at radius 2 is 1.92 bits per heavy atom. The zero-order chi connectivity index (χ0) is 19.0. The molecule has 3 N–H and O–H groups in total. The van der Waals surface area contributed by atoms with E-state index in [9.17, 15) is 13.2 Å². The zero-order valence-corrected chi connectivity index (χ0v) is 14.9. The molecule has 1 saturated heterocycles. The fraction of sp³-hybridized carbons (Fsp3) is 0.588. The lowest BCUT2D eigenvalue weighted by molar-refractivity contribution is -0.274. The molecule has 1 aliphatic rings. The molecule has 0 aliphatic carbocycles. The SMILES string of the molecule is CN1CCCN(CCNC(N)=NCc2ccc(OC(F)(F)F)cc2)CC1. The first kappa shape index (κ1) is 20.3. The summed E-state index contributed by atoms with van der Waals surface area (Å²) in [5.41, 5.74) is 6.59. The fourth-order valence-corrected chi connectivity index (χ4v) is 2.69. The number of benzene rings is 1. The van der Waals surface area contributed by atoms with E-state index in [1.54, 1.807) is 0 Å². The van der Waals surface area contributed by atoms with E-state index in [1.165, 1.54) is 24.3 Å². The number of rotatable bonds is 6. The van der Waals surface area contributed by atoms with Crippen molar-refractivity contribution in [3.05, 3.63) is 29.8 Å². The van der Waals surface area contributed by atoms with Crippen LogP contribution < -0.4 is 15.8 Å². The van der Waals surface area contributed by atoms with Gasteiger partial charge < -0.3 is 25.6 Å². The Bertz CT molecular complexity index is 577. The highest BCUT2D eigenvalue weighted by atomic mass is 19.4. The highest BCUT2D eigenvalue weighted by Crippen LogP contribution is 2.22. The van der Waals surface area contributed by atoms with Crippen LogP contribution in [0.2, 0.25) is 0 Å². The molecule has 1 aromatic rings. The molecule has 26 heavy (non-hydrogen) atoms. The molecule has 0 amide bonds. The minimum atomic E-state index is -4.68. The second-order valence-electron chi connectivity index (χ2n) is 6.32. The Morgan fingerprint density at radius 1 is 1.19 bits per heavy atom. The van der Waals surface area contributed by atoms with E-state index in [4.69, 9.17) is 5.73 Å². The van der Waals surface area contributed by atoms with Crippen molar-refractivity contribution in [1.82, 2.24) is 15.1 Å². The van der Waals surface area contributed by atoms with Crippen LogP contribution in [-0.2, 0) is 6.54 Å². The van der Waals surface area contributed by atoms with Crippen molar-refractivity contribution in [2.75, 3.05) is 46.3 Å². The highest BCUT2D eigenvalue weighted by Gasteiger charge is 2.30. The Hall–Kier alpha value is -2.00. The van der Waals surface area contributed by atoms with Crippen LogP contribution in [0.15, 0.2) is 29.3 Å². The number of hydrogen-bond acceptors (Lipinski definition) is 4. The average molecular weight is 373 g/mol. The Balaban J connectivity index is 1.70. The Labute approximate surface area is 151 Å². The molecule has 0 atom stereocenters. The van der Waals surface area contributed by atoms with Crippen molar-refractivity contribution in [2.45, 2.75) is 19.3 Å². The van der Waals surface area contributed by atoms with E-state index < -0.39 is 6.36 Å². The van der Waals surface area contributed by atoms with Gasteiger partial charge in [0, 0.05) is 26.2 Å². The van der Waals surface area contributed by atoms with Crippen LogP contribution in [0.5, 0.6) is 5.75 Å². The molecule has 146 valence electrons. The Morgan fingerprint density at radius 3 is 2.62 bits per heavy atom. The summed E-state index contributed by atoms with van der Waals surface area (Å²) in [6, 6.07) is 5.59. The van der Waals surface area contributed by atoms with Gasteiger partial charge in [-0.2, -0.15) is 0 Å². The lowest BCUT2D eigenvalue weighted by Gasteiger charge is -2.20. The van der Waals surface area contributed by atoms with E-state index in [1.807, 2.05) is 0 Å². The average Bonchev–Trinajstić information content (AvgIpc) is 2.77. The molecule has 9 heteroatoms. The highest BCUT2D eigenvalue weighted by molar-refractivity contribution is 5.77. The van der Waals surface area contributed by atoms with Gasteiger partial charge in [-0.15, -0.1) is 13.2 Å². The summed E-state index contributed by atoms with van der Waals surface area (Å²) in [6.45, 7) is 6.21. The van der Waals surface area contributed by atoms with E-state index in [-0.39, 0.29) is 5.75 Å². The van der Waals surface area contributed by atoms with Gasteiger partial charge in [0.1, 0.15) is 5.75 Å². The molecule has 0 bridgehead atoms. The first-order valence-electron chi connectivity index (χ1n) is 8.61. The van der Waals surface area contributed by atoms with Crippen LogP contribution in [0.4, 0.5) is 13.2 Å².